The van der Waals surface area contributed by atoms with Gasteiger partial charge in [0.05, 0.1) is 12.2 Å². The first-order valence-corrected chi connectivity index (χ1v) is 6.71. The second-order valence-corrected chi connectivity index (χ2v) is 4.77. The van der Waals surface area contributed by atoms with Gasteiger partial charge < -0.3 is 9.80 Å². The van der Waals surface area contributed by atoms with Crippen molar-refractivity contribution in [2.45, 2.75) is 13.5 Å². The van der Waals surface area contributed by atoms with Gasteiger partial charge in [-0.3, -0.25) is 4.98 Å². The highest BCUT2D eigenvalue weighted by molar-refractivity contribution is 6.28. The second-order valence-electron chi connectivity index (χ2n) is 4.43. The molecule has 0 atom stereocenters. The monoisotopic (exact) mass is 292 g/mol. The van der Waals surface area contributed by atoms with E-state index in [1.165, 1.54) is 0 Å². The minimum absolute atomic E-state index is 0.193. The molecular weight excluding hydrogens is 276 g/mol. The summed E-state index contributed by atoms with van der Waals surface area (Å²) in [5.74, 6) is 1.10. The molecule has 0 bridgehead atoms. The van der Waals surface area contributed by atoms with Gasteiger partial charge in [0.25, 0.3) is 0 Å². The standard InChI is InChI=1S/C13H17ClN6/c1-4-20(9-10-7-5-6-8-15-10)13-17-11(14)16-12(18-13)19(2)3/h5-8H,4,9H2,1-3H3. The molecule has 0 unspecified atom stereocenters. The van der Waals surface area contributed by atoms with Gasteiger partial charge >= 0.3 is 0 Å². The van der Waals surface area contributed by atoms with E-state index in [-0.39, 0.29) is 5.28 Å². The Hall–Kier alpha value is -1.95. The van der Waals surface area contributed by atoms with Crippen molar-refractivity contribution >= 4 is 23.5 Å². The first-order valence-electron chi connectivity index (χ1n) is 6.34. The average Bonchev–Trinajstić information content (AvgIpc) is 2.45. The van der Waals surface area contributed by atoms with Crippen molar-refractivity contribution in [3.05, 3.63) is 35.4 Å². The van der Waals surface area contributed by atoms with Crippen molar-refractivity contribution < 1.29 is 0 Å². The first-order chi connectivity index (χ1) is 9.60. The smallest absolute Gasteiger partial charge is 0.231 e. The van der Waals surface area contributed by atoms with Gasteiger partial charge in [-0.1, -0.05) is 6.07 Å². The summed E-state index contributed by atoms with van der Waals surface area (Å²) in [6, 6.07) is 5.82. The maximum absolute atomic E-state index is 5.97. The summed E-state index contributed by atoms with van der Waals surface area (Å²) < 4.78 is 0. The zero-order valence-corrected chi connectivity index (χ0v) is 12.5. The number of hydrogen-bond donors (Lipinski definition) is 0. The first kappa shape index (κ1) is 14.5. The van der Waals surface area contributed by atoms with Gasteiger partial charge in [-0.05, 0) is 30.7 Å². The minimum atomic E-state index is 0.193. The minimum Gasteiger partial charge on any atom is -0.347 e. The van der Waals surface area contributed by atoms with E-state index in [2.05, 4.69) is 19.9 Å². The van der Waals surface area contributed by atoms with Crippen LogP contribution >= 0.6 is 11.6 Å². The third-order valence-electron chi connectivity index (χ3n) is 2.73. The second kappa shape index (κ2) is 6.47. The van der Waals surface area contributed by atoms with E-state index in [1.54, 1.807) is 11.1 Å². The Labute approximate surface area is 123 Å². The maximum atomic E-state index is 5.97. The number of hydrogen-bond acceptors (Lipinski definition) is 6. The van der Waals surface area contributed by atoms with Gasteiger partial charge in [-0.15, -0.1) is 0 Å². The third kappa shape index (κ3) is 3.54. The van der Waals surface area contributed by atoms with Gasteiger partial charge in [0.15, 0.2) is 0 Å². The van der Waals surface area contributed by atoms with Crippen LogP contribution in [0.4, 0.5) is 11.9 Å². The summed E-state index contributed by atoms with van der Waals surface area (Å²) >= 11 is 5.97. The van der Waals surface area contributed by atoms with Gasteiger partial charge in [0.1, 0.15) is 0 Å². The summed E-state index contributed by atoms with van der Waals surface area (Å²) in [5, 5.41) is 0.193. The fourth-order valence-corrected chi connectivity index (χ4v) is 1.83. The lowest BCUT2D eigenvalue weighted by Gasteiger charge is -2.21. The fraction of sp³-hybridized carbons (Fsp3) is 0.385. The van der Waals surface area contributed by atoms with Gasteiger partial charge in [0.2, 0.25) is 17.2 Å². The molecule has 0 aliphatic rings. The molecule has 0 radical (unpaired) electrons. The van der Waals surface area contributed by atoms with E-state index in [0.29, 0.717) is 18.4 Å². The molecule has 0 aliphatic carbocycles. The Morgan fingerprint density at radius 3 is 2.45 bits per heavy atom. The largest absolute Gasteiger partial charge is 0.347 e. The number of halogens is 1. The molecule has 2 aromatic rings. The predicted molar refractivity (Wildman–Crippen MR) is 80.1 cm³/mol. The molecule has 2 rings (SSSR count). The molecule has 0 amide bonds. The molecule has 0 saturated carbocycles. The van der Waals surface area contributed by atoms with Crippen LogP contribution < -0.4 is 9.80 Å². The molecule has 0 aliphatic heterocycles. The van der Waals surface area contributed by atoms with Crippen molar-refractivity contribution in [1.29, 1.82) is 0 Å². The van der Waals surface area contributed by atoms with Crippen LogP contribution in [-0.4, -0.2) is 40.6 Å². The number of rotatable bonds is 5. The quantitative estimate of drug-likeness (QED) is 0.840. The maximum Gasteiger partial charge on any atom is 0.231 e. The van der Waals surface area contributed by atoms with Gasteiger partial charge in [-0.25, -0.2) is 0 Å². The number of pyridine rings is 1. The van der Waals surface area contributed by atoms with Crippen LogP contribution in [0.3, 0.4) is 0 Å². The lowest BCUT2D eigenvalue weighted by Crippen LogP contribution is -2.26. The molecule has 106 valence electrons. The van der Waals surface area contributed by atoms with Crippen molar-refractivity contribution in [3.8, 4) is 0 Å². The Morgan fingerprint density at radius 1 is 1.10 bits per heavy atom. The normalized spacial score (nSPS) is 10.4. The van der Waals surface area contributed by atoms with Crippen LogP contribution in [0.5, 0.6) is 0 Å². The highest BCUT2D eigenvalue weighted by Crippen LogP contribution is 2.16. The molecule has 7 heteroatoms. The zero-order valence-electron chi connectivity index (χ0n) is 11.8. The Morgan fingerprint density at radius 2 is 1.85 bits per heavy atom. The fourth-order valence-electron chi connectivity index (χ4n) is 1.68. The van der Waals surface area contributed by atoms with E-state index in [9.17, 15) is 0 Å². The topological polar surface area (TPSA) is 58.0 Å². The zero-order chi connectivity index (χ0) is 14.5. The van der Waals surface area contributed by atoms with Crippen LogP contribution in [0.1, 0.15) is 12.6 Å². The van der Waals surface area contributed by atoms with E-state index in [4.69, 9.17) is 11.6 Å². The number of anilines is 2. The third-order valence-corrected chi connectivity index (χ3v) is 2.90. The summed E-state index contributed by atoms with van der Waals surface area (Å²) in [6.07, 6.45) is 1.77. The van der Waals surface area contributed by atoms with E-state index >= 15 is 0 Å². The Kier molecular flexibility index (Phi) is 4.68. The molecule has 6 nitrogen and oxygen atoms in total. The highest BCUT2D eigenvalue weighted by Gasteiger charge is 2.13. The Balaban J connectivity index is 2.27. The van der Waals surface area contributed by atoms with Gasteiger partial charge in [-0.2, -0.15) is 15.0 Å². The van der Waals surface area contributed by atoms with E-state index < -0.39 is 0 Å². The number of nitrogens with zero attached hydrogens (tertiary/aromatic N) is 6. The van der Waals surface area contributed by atoms with Crippen molar-refractivity contribution in [3.63, 3.8) is 0 Å². The average molecular weight is 293 g/mol. The molecule has 0 spiro atoms. The molecule has 0 saturated heterocycles. The van der Waals surface area contributed by atoms with Crippen molar-refractivity contribution in [2.75, 3.05) is 30.4 Å². The van der Waals surface area contributed by atoms with E-state index in [0.717, 1.165) is 12.2 Å². The van der Waals surface area contributed by atoms with Crippen LogP contribution in [0.25, 0.3) is 0 Å². The molecule has 0 fully saturated rings. The summed E-state index contributed by atoms with van der Waals surface area (Å²) in [7, 11) is 3.73. The molecule has 2 heterocycles. The predicted octanol–water partition coefficient (Wildman–Crippen LogP) is 2.01. The van der Waals surface area contributed by atoms with Crippen molar-refractivity contribution in [1.82, 2.24) is 19.9 Å². The van der Waals surface area contributed by atoms with Gasteiger partial charge in [0, 0.05) is 26.8 Å². The molecule has 0 aromatic carbocycles. The van der Waals surface area contributed by atoms with Crippen LogP contribution in [0, 0.1) is 0 Å². The summed E-state index contributed by atoms with van der Waals surface area (Å²) in [6.45, 7) is 3.42. The van der Waals surface area contributed by atoms with Crippen LogP contribution in [0.15, 0.2) is 24.4 Å². The lowest BCUT2D eigenvalue weighted by atomic mass is 10.3. The lowest BCUT2D eigenvalue weighted by molar-refractivity contribution is 0.765. The SMILES string of the molecule is CCN(Cc1ccccn1)c1nc(Cl)nc(N(C)C)n1. The summed E-state index contributed by atoms with van der Waals surface area (Å²) in [4.78, 5) is 20.8. The van der Waals surface area contributed by atoms with Crippen LogP contribution in [0.2, 0.25) is 5.28 Å². The van der Waals surface area contributed by atoms with E-state index in [1.807, 2.05) is 44.1 Å². The molecule has 20 heavy (non-hydrogen) atoms. The molecular formula is C13H17ClN6. The van der Waals surface area contributed by atoms with Crippen molar-refractivity contribution in [2.24, 2.45) is 0 Å². The Bertz CT molecular complexity index is 560. The highest BCUT2D eigenvalue weighted by atomic mass is 35.5. The number of aromatic nitrogens is 4. The van der Waals surface area contributed by atoms with Crippen LogP contribution in [-0.2, 0) is 6.54 Å². The molecule has 2 aromatic heterocycles. The molecule has 0 N–H and O–H groups in total. The summed E-state index contributed by atoms with van der Waals surface area (Å²) in [5.41, 5.74) is 0.956.